The number of carbonyl (C=O) groups excluding carboxylic acids is 2. The number of halogens is 3. The van der Waals surface area contributed by atoms with Crippen LogP contribution in [0.15, 0.2) is 24.5 Å². The van der Waals surface area contributed by atoms with Crippen molar-refractivity contribution in [1.82, 2.24) is 20.2 Å². The lowest BCUT2D eigenvalue weighted by Crippen LogP contribution is -2.46. The van der Waals surface area contributed by atoms with Crippen LogP contribution in [0.25, 0.3) is 0 Å². The number of benzene rings is 1. The molecule has 1 aromatic carbocycles. The molecule has 3 rings (SSSR count). The lowest BCUT2D eigenvalue weighted by atomic mass is 10.0. The van der Waals surface area contributed by atoms with Crippen LogP contribution >= 0.6 is 11.8 Å². The zero-order valence-corrected chi connectivity index (χ0v) is 21.6. The van der Waals surface area contributed by atoms with Gasteiger partial charge in [0.15, 0.2) is 17.0 Å². The van der Waals surface area contributed by atoms with Gasteiger partial charge in [0.05, 0.1) is 0 Å². The molecule has 206 valence electrons. The number of aliphatic carboxylic acids is 1. The van der Waals surface area contributed by atoms with Crippen LogP contribution in [0.5, 0.6) is 0 Å². The number of rotatable bonds is 11. The van der Waals surface area contributed by atoms with Gasteiger partial charge in [0.2, 0.25) is 11.9 Å². The van der Waals surface area contributed by atoms with Gasteiger partial charge in [-0.2, -0.15) is 0 Å². The molecule has 0 radical (unpaired) electrons. The van der Waals surface area contributed by atoms with Crippen molar-refractivity contribution in [2.75, 3.05) is 17.6 Å². The summed E-state index contributed by atoms with van der Waals surface area (Å²) in [7, 11) is 0. The molecule has 14 heteroatoms. The van der Waals surface area contributed by atoms with Gasteiger partial charge in [0.1, 0.15) is 11.9 Å². The van der Waals surface area contributed by atoms with Crippen molar-refractivity contribution in [2.24, 2.45) is 11.7 Å². The quantitative estimate of drug-likeness (QED) is 0.305. The molecule has 1 aliphatic rings. The van der Waals surface area contributed by atoms with E-state index in [0.717, 1.165) is 6.07 Å². The lowest BCUT2D eigenvalue weighted by Gasteiger charge is -2.24. The fraction of sp³-hybridized carbons (Fsp3) is 0.458. The summed E-state index contributed by atoms with van der Waals surface area (Å²) in [6.07, 6.45) is 2.52. The van der Waals surface area contributed by atoms with Crippen LogP contribution in [0.4, 0.5) is 19.1 Å². The molecule has 2 aromatic rings. The van der Waals surface area contributed by atoms with Gasteiger partial charge < -0.3 is 26.4 Å². The standard InChI is InChI=1S/C24H29F3N6O4S/c1-12(2)20(23(36)37)32-24-30-10-13(11-31-24)9-29-21(35)22-33(3-4-38-22)19(34)7-15(28)5-14-6-17(26)18(27)8-16(14)25/h6,8,10-12,15,20,22H,3-5,7,9,28H2,1-2H3,(H,29,35)(H,36,37)(H,30,31,32). The zero-order valence-electron chi connectivity index (χ0n) is 20.8. The smallest absolute Gasteiger partial charge is 0.326 e. The van der Waals surface area contributed by atoms with Gasteiger partial charge in [0.25, 0.3) is 5.91 Å². The topological polar surface area (TPSA) is 151 Å². The van der Waals surface area contributed by atoms with E-state index >= 15 is 0 Å². The van der Waals surface area contributed by atoms with Gasteiger partial charge in [-0.15, -0.1) is 11.8 Å². The van der Waals surface area contributed by atoms with E-state index in [1.54, 1.807) is 13.8 Å². The number of aromatic nitrogens is 2. The van der Waals surface area contributed by atoms with Crippen molar-refractivity contribution < 1.29 is 32.7 Å². The Balaban J connectivity index is 1.52. The summed E-state index contributed by atoms with van der Waals surface area (Å²) in [5.74, 6) is -4.83. The number of carboxylic acids is 1. The third-order valence-corrected chi connectivity index (χ3v) is 7.04. The Kier molecular flexibility index (Phi) is 9.91. The summed E-state index contributed by atoms with van der Waals surface area (Å²) in [4.78, 5) is 46.5. The number of nitrogens with one attached hydrogen (secondary N) is 2. The Hall–Kier alpha value is -3.39. The van der Waals surface area contributed by atoms with Gasteiger partial charge >= 0.3 is 5.97 Å². The monoisotopic (exact) mass is 554 g/mol. The Bertz CT molecular complexity index is 1170. The molecule has 0 spiro atoms. The molecule has 5 N–H and O–H groups in total. The van der Waals surface area contributed by atoms with Crippen molar-refractivity contribution in [1.29, 1.82) is 0 Å². The molecule has 1 fully saturated rings. The van der Waals surface area contributed by atoms with Crippen molar-refractivity contribution in [3.8, 4) is 0 Å². The molecule has 0 aliphatic carbocycles. The van der Waals surface area contributed by atoms with Crippen LogP contribution in [-0.2, 0) is 27.3 Å². The molecule has 2 heterocycles. The maximum absolute atomic E-state index is 13.9. The Morgan fingerprint density at radius 2 is 1.82 bits per heavy atom. The Morgan fingerprint density at radius 3 is 2.45 bits per heavy atom. The van der Waals surface area contributed by atoms with E-state index < -0.39 is 52.7 Å². The second-order valence-corrected chi connectivity index (χ2v) is 10.4. The number of hydrogen-bond donors (Lipinski definition) is 4. The summed E-state index contributed by atoms with van der Waals surface area (Å²) in [5, 5.41) is 14.0. The number of carboxylic acid groups (broad SMARTS) is 1. The predicted octanol–water partition coefficient (Wildman–Crippen LogP) is 1.89. The largest absolute Gasteiger partial charge is 0.480 e. The normalized spacial score (nSPS) is 16.8. The maximum atomic E-state index is 13.9. The molecular weight excluding hydrogens is 525 g/mol. The van der Waals surface area contributed by atoms with Gasteiger partial charge in [-0.1, -0.05) is 13.8 Å². The number of hydrogen-bond acceptors (Lipinski definition) is 8. The SMILES string of the molecule is CC(C)C(Nc1ncc(CNC(=O)C2SCCN2C(=O)CC(N)Cc2cc(F)c(F)cc2F)cn1)C(=O)O. The molecule has 3 atom stereocenters. The van der Waals surface area contributed by atoms with Gasteiger partial charge in [-0.25, -0.2) is 27.9 Å². The number of nitrogens with two attached hydrogens (primary N) is 1. The van der Waals surface area contributed by atoms with E-state index in [1.807, 2.05) is 0 Å². The van der Waals surface area contributed by atoms with Crippen LogP contribution in [-0.4, -0.2) is 67.5 Å². The van der Waals surface area contributed by atoms with Crippen LogP contribution < -0.4 is 16.4 Å². The first-order valence-electron chi connectivity index (χ1n) is 11.8. The first-order valence-corrected chi connectivity index (χ1v) is 12.9. The lowest BCUT2D eigenvalue weighted by molar-refractivity contribution is -0.139. The fourth-order valence-corrected chi connectivity index (χ4v) is 4.97. The molecule has 0 bridgehead atoms. The van der Waals surface area contributed by atoms with Crippen LogP contribution in [0, 0.1) is 23.4 Å². The number of anilines is 1. The average Bonchev–Trinajstić information content (AvgIpc) is 3.35. The van der Waals surface area contributed by atoms with Crippen LogP contribution in [0.1, 0.15) is 31.4 Å². The highest BCUT2D eigenvalue weighted by Crippen LogP contribution is 2.25. The summed E-state index contributed by atoms with van der Waals surface area (Å²) in [6.45, 7) is 3.91. The van der Waals surface area contributed by atoms with Crippen LogP contribution in [0.2, 0.25) is 0 Å². The molecule has 0 saturated carbocycles. The second-order valence-electron chi connectivity index (χ2n) is 9.17. The summed E-state index contributed by atoms with van der Waals surface area (Å²) >= 11 is 1.28. The predicted molar refractivity (Wildman–Crippen MR) is 134 cm³/mol. The summed E-state index contributed by atoms with van der Waals surface area (Å²) < 4.78 is 40.5. The second kappa shape index (κ2) is 12.9. The van der Waals surface area contributed by atoms with Crippen molar-refractivity contribution in [2.45, 2.75) is 50.7 Å². The number of nitrogens with zero attached hydrogens (tertiary/aromatic N) is 3. The highest BCUT2D eigenvalue weighted by Gasteiger charge is 2.35. The van der Waals surface area contributed by atoms with E-state index in [-0.39, 0.29) is 36.8 Å². The van der Waals surface area contributed by atoms with E-state index in [1.165, 1.54) is 29.1 Å². The van der Waals surface area contributed by atoms with Crippen molar-refractivity contribution in [3.05, 3.63) is 53.1 Å². The Labute approximate surface area is 221 Å². The molecular formula is C24H29F3N6O4S. The molecule has 1 aliphatic heterocycles. The first-order chi connectivity index (χ1) is 18.0. The third kappa shape index (κ3) is 7.57. The number of carbonyl (C=O) groups is 3. The van der Waals surface area contributed by atoms with Crippen LogP contribution in [0.3, 0.4) is 0 Å². The van der Waals surface area contributed by atoms with Crippen molar-refractivity contribution in [3.63, 3.8) is 0 Å². The number of thioether (sulfide) groups is 1. The van der Waals surface area contributed by atoms with E-state index in [4.69, 9.17) is 5.73 Å². The Morgan fingerprint density at radius 1 is 1.16 bits per heavy atom. The minimum Gasteiger partial charge on any atom is -0.480 e. The molecule has 2 amide bonds. The van der Waals surface area contributed by atoms with Gasteiger partial charge in [-0.3, -0.25) is 9.59 Å². The molecule has 10 nitrogen and oxygen atoms in total. The molecule has 38 heavy (non-hydrogen) atoms. The van der Waals surface area contributed by atoms with Crippen molar-refractivity contribution >= 4 is 35.5 Å². The fourth-order valence-electron chi connectivity index (χ4n) is 3.81. The third-order valence-electron chi connectivity index (χ3n) is 5.83. The maximum Gasteiger partial charge on any atom is 0.326 e. The summed E-state index contributed by atoms with van der Waals surface area (Å²) in [5.41, 5.74) is 6.40. The summed E-state index contributed by atoms with van der Waals surface area (Å²) in [6, 6.07) is -0.563. The molecule has 1 aromatic heterocycles. The van der Waals surface area contributed by atoms with E-state index in [9.17, 15) is 32.7 Å². The minimum atomic E-state index is -1.31. The van der Waals surface area contributed by atoms with E-state index in [2.05, 4.69) is 20.6 Å². The first kappa shape index (κ1) is 29.2. The van der Waals surface area contributed by atoms with E-state index in [0.29, 0.717) is 23.9 Å². The van der Waals surface area contributed by atoms with Gasteiger partial charge in [0, 0.05) is 55.3 Å². The highest BCUT2D eigenvalue weighted by atomic mass is 32.2. The minimum absolute atomic E-state index is 0.0830. The zero-order chi connectivity index (χ0) is 28.0. The highest BCUT2D eigenvalue weighted by molar-refractivity contribution is 8.00. The number of amides is 2. The molecule has 3 unspecified atom stereocenters. The average molecular weight is 555 g/mol. The van der Waals surface area contributed by atoms with Gasteiger partial charge in [-0.05, 0) is 24.0 Å². The molecule has 1 saturated heterocycles.